The molecule has 0 saturated carbocycles. The summed E-state index contributed by atoms with van der Waals surface area (Å²) in [5, 5.41) is 11.2. The van der Waals surface area contributed by atoms with Crippen LogP contribution in [-0.2, 0) is 24.0 Å². The van der Waals surface area contributed by atoms with Gasteiger partial charge in [-0.2, -0.15) is 0 Å². The summed E-state index contributed by atoms with van der Waals surface area (Å²) in [4.78, 5) is 58.4. The Bertz CT molecular complexity index is 551. The molecule has 0 aromatic rings. The van der Waals surface area contributed by atoms with Crippen LogP contribution in [0.2, 0.25) is 0 Å². The number of rotatable bonds is 8. The molecule has 24 heavy (non-hydrogen) atoms. The van der Waals surface area contributed by atoms with Gasteiger partial charge < -0.3 is 32.5 Å². The molecule has 0 aliphatic carbocycles. The zero-order valence-corrected chi connectivity index (χ0v) is 12.9. The lowest BCUT2D eigenvalue weighted by atomic mass is 10.1. The van der Waals surface area contributed by atoms with Crippen molar-refractivity contribution in [1.29, 1.82) is 0 Å². The quantitative estimate of drug-likeness (QED) is 0.302. The Morgan fingerprint density at radius 3 is 2.21 bits per heavy atom. The van der Waals surface area contributed by atoms with E-state index in [0.29, 0.717) is 12.8 Å². The Labute approximate surface area is 137 Å². The van der Waals surface area contributed by atoms with Crippen LogP contribution in [0.5, 0.6) is 0 Å². The third kappa shape index (κ3) is 5.19. The maximum absolute atomic E-state index is 12.2. The molecule has 0 aromatic heterocycles. The Morgan fingerprint density at radius 1 is 1.12 bits per heavy atom. The van der Waals surface area contributed by atoms with Crippen molar-refractivity contribution in [2.24, 2.45) is 17.2 Å². The Balaban J connectivity index is 2.77. The molecular formula is C13H21N5O6. The monoisotopic (exact) mass is 343 g/mol. The maximum Gasteiger partial charge on any atom is 0.326 e. The first-order valence-electron chi connectivity index (χ1n) is 7.29. The van der Waals surface area contributed by atoms with Crippen LogP contribution >= 0.6 is 0 Å². The van der Waals surface area contributed by atoms with Gasteiger partial charge in [-0.3, -0.25) is 19.2 Å². The number of carbonyl (C=O) groups excluding carboxylic acids is 4. The fraction of sp³-hybridized carbons (Fsp3) is 0.615. The third-order valence-corrected chi connectivity index (χ3v) is 3.60. The van der Waals surface area contributed by atoms with Gasteiger partial charge in [-0.25, -0.2) is 4.79 Å². The molecule has 3 atom stereocenters. The number of carboxylic acid groups (broad SMARTS) is 1. The number of nitrogens with one attached hydrogen (secondary N) is 1. The fourth-order valence-corrected chi connectivity index (χ4v) is 2.49. The number of hydrogen-bond donors (Lipinski definition) is 5. The number of likely N-dealkylation sites (tertiary alicyclic amines) is 1. The first-order chi connectivity index (χ1) is 11.1. The molecule has 0 spiro atoms. The summed E-state index contributed by atoms with van der Waals surface area (Å²) in [6.07, 6.45) is -0.101. The Morgan fingerprint density at radius 2 is 1.71 bits per heavy atom. The second kappa shape index (κ2) is 8.24. The minimum atomic E-state index is -1.48. The first kappa shape index (κ1) is 19.4. The SMILES string of the molecule is NC(=O)CC(N)C(=O)N1CCCC1C(=O)NC(CC(N)=O)C(=O)O. The van der Waals surface area contributed by atoms with Gasteiger partial charge in [0.25, 0.3) is 0 Å². The van der Waals surface area contributed by atoms with Crippen molar-refractivity contribution < 1.29 is 29.1 Å². The lowest BCUT2D eigenvalue weighted by molar-refractivity contribution is -0.145. The number of primary amides is 2. The lowest BCUT2D eigenvalue weighted by Crippen LogP contribution is -2.54. The summed E-state index contributed by atoms with van der Waals surface area (Å²) in [5.41, 5.74) is 15.5. The zero-order valence-electron chi connectivity index (χ0n) is 12.9. The minimum Gasteiger partial charge on any atom is -0.480 e. The van der Waals surface area contributed by atoms with E-state index in [1.807, 2.05) is 0 Å². The predicted molar refractivity (Wildman–Crippen MR) is 79.9 cm³/mol. The van der Waals surface area contributed by atoms with Crippen molar-refractivity contribution in [1.82, 2.24) is 10.2 Å². The van der Waals surface area contributed by atoms with E-state index in [-0.39, 0.29) is 13.0 Å². The number of aliphatic carboxylic acids is 1. The summed E-state index contributed by atoms with van der Waals surface area (Å²) in [5.74, 6) is -4.38. The van der Waals surface area contributed by atoms with Gasteiger partial charge in [0.15, 0.2) is 0 Å². The van der Waals surface area contributed by atoms with Crippen molar-refractivity contribution in [3.8, 4) is 0 Å². The third-order valence-electron chi connectivity index (χ3n) is 3.60. The molecule has 11 heteroatoms. The van der Waals surface area contributed by atoms with Crippen LogP contribution in [0.25, 0.3) is 0 Å². The molecule has 1 saturated heterocycles. The van der Waals surface area contributed by atoms with E-state index in [1.165, 1.54) is 4.90 Å². The molecule has 1 rings (SSSR count). The summed E-state index contributed by atoms with van der Waals surface area (Å²) in [6, 6.07) is -3.57. The molecule has 1 aliphatic heterocycles. The van der Waals surface area contributed by atoms with Crippen molar-refractivity contribution in [2.75, 3.05) is 6.54 Å². The summed E-state index contributed by atoms with van der Waals surface area (Å²) in [6.45, 7) is 0.247. The first-order valence-corrected chi connectivity index (χ1v) is 7.29. The highest BCUT2D eigenvalue weighted by Crippen LogP contribution is 2.19. The highest BCUT2D eigenvalue weighted by Gasteiger charge is 2.38. The molecule has 1 fully saturated rings. The molecule has 8 N–H and O–H groups in total. The number of hydrogen-bond acceptors (Lipinski definition) is 6. The van der Waals surface area contributed by atoms with Gasteiger partial charge in [-0.05, 0) is 12.8 Å². The van der Waals surface area contributed by atoms with Gasteiger partial charge >= 0.3 is 5.97 Å². The minimum absolute atomic E-state index is 0.247. The molecular weight excluding hydrogens is 322 g/mol. The van der Waals surface area contributed by atoms with E-state index in [9.17, 15) is 24.0 Å². The van der Waals surface area contributed by atoms with Crippen LogP contribution in [0.3, 0.4) is 0 Å². The average Bonchev–Trinajstić information content (AvgIpc) is 2.93. The van der Waals surface area contributed by atoms with Crippen molar-refractivity contribution in [2.45, 2.75) is 43.8 Å². The molecule has 3 unspecified atom stereocenters. The van der Waals surface area contributed by atoms with Crippen LogP contribution in [-0.4, -0.2) is 64.3 Å². The highest BCUT2D eigenvalue weighted by molar-refractivity contribution is 5.94. The van der Waals surface area contributed by atoms with Crippen LogP contribution in [0, 0.1) is 0 Å². The summed E-state index contributed by atoms with van der Waals surface area (Å²) < 4.78 is 0. The number of carboxylic acids is 1. The van der Waals surface area contributed by atoms with Crippen molar-refractivity contribution >= 4 is 29.6 Å². The van der Waals surface area contributed by atoms with Crippen LogP contribution in [0.4, 0.5) is 0 Å². The smallest absolute Gasteiger partial charge is 0.326 e. The standard InChI is InChI=1S/C13H21N5O6/c14-6(4-9(15)19)12(22)18-3-1-2-8(18)11(21)17-7(13(23)24)5-10(16)20/h6-8H,1-5,14H2,(H2,15,19)(H2,16,20)(H,17,21)(H,23,24). The van der Waals surface area contributed by atoms with Crippen LogP contribution in [0.1, 0.15) is 25.7 Å². The number of amides is 4. The van der Waals surface area contributed by atoms with Gasteiger partial charge in [-0.1, -0.05) is 0 Å². The van der Waals surface area contributed by atoms with Gasteiger partial charge in [0.05, 0.1) is 18.9 Å². The molecule has 0 bridgehead atoms. The van der Waals surface area contributed by atoms with Gasteiger partial charge in [0.2, 0.25) is 23.6 Å². The second-order valence-electron chi connectivity index (χ2n) is 5.54. The van der Waals surface area contributed by atoms with E-state index in [0.717, 1.165) is 0 Å². The highest BCUT2D eigenvalue weighted by atomic mass is 16.4. The Hall–Kier alpha value is -2.69. The van der Waals surface area contributed by atoms with Gasteiger partial charge in [-0.15, -0.1) is 0 Å². The summed E-state index contributed by atoms with van der Waals surface area (Å²) in [7, 11) is 0. The molecule has 11 nitrogen and oxygen atoms in total. The average molecular weight is 343 g/mol. The van der Waals surface area contributed by atoms with E-state index < -0.39 is 54.1 Å². The number of carbonyl (C=O) groups is 5. The van der Waals surface area contributed by atoms with Crippen molar-refractivity contribution in [3.63, 3.8) is 0 Å². The maximum atomic E-state index is 12.2. The van der Waals surface area contributed by atoms with E-state index in [2.05, 4.69) is 5.32 Å². The topological polar surface area (TPSA) is 199 Å². The zero-order chi connectivity index (χ0) is 18.4. The molecule has 0 radical (unpaired) electrons. The molecule has 0 aromatic carbocycles. The molecule has 134 valence electrons. The van der Waals surface area contributed by atoms with Crippen molar-refractivity contribution in [3.05, 3.63) is 0 Å². The van der Waals surface area contributed by atoms with Crippen LogP contribution < -0.4 is 22.5 Å². The predicted octanol–water partition coefficient (Wildman–Crippen LogP) is -3.38. The fourth-order valence-electron chi connectivity index (χ4n) is 2.49. The summed E-state index contributed by atoms with van der Waals surface area (Å²) >= 11 is 0. The van der Waals surface area contributed by atoms with E-state index >= 15 is 0 Å². The largest absolute Gasteiger partial charge is 0.480 e. The number of nitrogens with two attached hydrogens (primary N) is 3. The van der Waals surface area contributed by atoms with Gasteiger partial charge in [0, 0.05) is 6.54 Å². The number of nitrogens with zero attached hydrogens (tertiary/aromatic N) is 1. The molecule has 4 amide bonds. The van der Waals surface area contributed by atoms with E-state index in [1.54, 1.807) is 0 Å². The molecule has 1 aliphatic rings. The normalized spacial score (nSPS) is 19.4. The van der Waals surface area contributed by atoms with Gasteiger partial charge in [0.1, 0.15) is 12.1 Å². The Kier molecular flexibility index (Phi) is 6.65. The van der Waals surface area contributed by atoms with E-state index in [4.69, 9.17) is 22.3 Å². The van der Waals surface area contributed by atoms with Crippen LogP contribution in [0.15, 0.2) is 0 Å². The molecule has 1 heterocycles. The second-order valence-corrected chi connectivity index (χ2v) is 5.54. The lowest BCUT2D eigenvalue weighted by Gasteiger charge is -2.27.